The topological polar surface area (TPSA) is 57.6 Å². The van der Waals surface area contributed by atoms with Crippen molar-refractivity contribution in [2.45, 2.75) is 76.8 Å². The van der Waals surface area contributed by atoms with Crippen molar-refractivity contribution in [3.63, 3.8) is 0 Å². The van der Waals surface area contributed by atoms with Gasteiger partial charge in [-0.15, -0.1) is 0 Å². The first kappa shape index (κ1) is 21.7. The van der Waals surface area contributed by atoms with Gasteiger partial charge in [0.1, 0.15) is 0 Å². The maximum absolute atomic E-state index is 10.7. The second-order valence-corrected chi connectivity index (χ2v) is 7.02. The maximum Gasteiger partial charge on any atom is 0.522 e. The molecule has 134 valence electrons. The molecule has 1 heterocycles. The fraction of sp³-hybridized carbons (Fsp3) is 1.00. The van der Waals surface area contributed by atoms with Crippen LogP contribution in [0.2, 0.25) is 0 Å². The first-order chi connectivity index (χ1) is 10.1. The molecule has 0 amide bonds. The van der Waals surface area contributed by atoms with E-state index in [1.54, 1.807) is 0 Å². The fourth-order valence-electron chi connectivity index (χ4n) is 2.59. The Morgan fingerprint density at radius 3 is 2.18 bits per heavy atom. The standard InChI is InChI=1S/C13H27N.CHF3O3S/c1-3-5-6-7-11-14-12-8-10-13(14)9-4-2;2-1(3,4)8(5,6)7/h13H,3-12H2,1-2H3;(H,5,6,7). The Morgan fingerprint density at radius 1 is 1.14 bits per heavy atom. The van der Waals surface area contributed by atoms with E-state index in [4.69, 9.17) is 13.0 Å². The van der Waals surface area contributed by atoms with E-state index in [1.165, 1.54) is 64.5 Å². The van der Waals surface area contributed by atoms with Gasteiger partial charge in [-0.2, -0.15) is 21.6 Å². The monoisotopic (exact) mass is 347 g/mol. The lowest BCUT2D eigenvalue weighted by molar-refractivity contribution is -0.0510. The van der Waals surface area contributed by atoms with Crippen LogP contribution in [0.1, 0.15) is 65.2 Å². The Kier molecular flexibility index (Phi) is 10.3. The summed E-state index contributed by atoms with van der Waals surface area (Å²) in [5.41, 5.74) is -5.53. The van der Waals surface area contributed by atoms with Gasteiger partial charge in [0.15, 0.2) is 0 Å². The van der Waals surface area contributed by atoms with Crippen LogP contribution in [0.3, 0.4) is 0 Å². The zero-order valence-electron chi connectivity index (χ0n) is 13.4. The third kappa shape index (κ3) is 8.95. The molecule has 1 N–H and O–H groups in total. The smallest absolute Gasteiger partial charge is 0.300 e. The molecule has 0 aromatic carbocycles. The Balaban J connectivity index is 0.000000472. The second kappa shape index (κ2) is 10.4. The normalized spacial score (nSPS) is 19.8. The number of hydrogen-bond acceptors (Lipinski definition) is 3. The molecule has 1 aliphatic rings. The molecular formula is C14H28F3NO3S. The van der Waals surface area contributed by atoms with Crippen LogP contribution in [0.5, 0.6) is 0 Å². The van der Waals surface area contributed by atoms with Gasteiger partial charge in [0, 0.05) is 6.04 Å². The Morgan fingerprint density at radius 2 is 1.73 bits per heavy atom. The molecule has 0 aromatic heterocycles. The van der Waals surface area contributed by atoms with Crippen LogP contribution in [0.15, 0.2) is 0 Å². The van der Waals surface area contributed by atoms with E-state index in [0.29, 0.717) is 0 Å². The highest BCUT2D eigenvalue weighted by Crippen LogP contribution is 2.22. The van der Waals surface area contributed by atoms with Crippen molar-refractivity contribution in [2.75, 3.05) is 13.1 Å². The highest BCUT2D eigenvalue weighted by atomic mass is 32.2. The minimum Gasteiger partial charge on any atom is -0.300 e. The molecule has 1 unspecified atom stereocenters. The van der Waals surface area contributed by atoms with Crippen molar-refractivity contribution in [3.8, 4) is 0 Å². The lowest BCUT2D eigenvalue weighted by atomic mass is 10.1. The second-order valence-electron chi connectivity index (χ2n) is 5.60. The van der Waals surface area contributed by atoms with Gasteiger partial charge in [-0.1, -0.05) is 39.5 Å². The third-order valence-electron chi connectivity index (χ3n) is 3.71. The van der Waals surface area contributed by atoms with Crippen molar-refractivity contribution < 1.29 is 26.1 Å². The number of alkyl halides is 3. The van der Waals surface area contributed by atoms with Gasteiger partial charge in [0.2, 0.25) is 0 Å². The Hall–Kier alpha value is -0.340. The van der Waals surface area contributed by atoms with E-state index in [9.17, 15) is 13.2 Å². The number of hydrogen-bond donors (Lipinski definition) is 1. The molecule has 0 aromatic rings. The quantitative estimate of drug-likeness (QED) is 0.425. The summed E-state index contributed by atoms with van der Waals surface area (Å²) < 4.78 is 57.5. The zero-order chi connectivity index (χ0) is 17.2. The molecule has 0 aliphatic carbocycles. The number of rotatable bonds is 7. The maximum atomic E-state index is 10.7. The predicted molar refractivity (Wildman–Crippen MR) is 81.2 cm³/mol. The highest BCUT2D eigenvalue weighted by Gasteiger charge is 2.44. The van der Waals surface area contributed by atoms with E-state index in [-0.39, 0.29) is 0 Å². The van der Waals surface area contributed by atoms with Gasteiger partial charge in [0.25, 0.3) is 0 Å². The predicted octanol–water partition coefficient (Wildman–Crippen LogP) is 4.23. The van der Waals surface area contributed by atoms with Crippen LogP contribution in [0.25, 0.3) is 0 Å². The zero-order valence-corrected chi connectivity index (χ0v) is 14.2. The molecule has 0 bridgehead atoms. The molecule has 0 spiro atoms. The van der Waals surface area contributed by atoms with Crippen molar-refractivity contribution in [2.24, 2.45) is 0 Å². The first-order valence-electron chi connectivity index (χ1n) is 7.91. The fourth-order valence-corrected chi connectivity index (χ4v) is 2.59. The summed E-state index contributed by atoms with van der Waals surface area (Å²) in [6, 6.07) is 0.932. The summed E-state index contributed by atoms with van der Waals surface area (Å²) in [5, 5.41) is 0. The van der Waals surface area contributed by atoms with E-state index < -0.39 is 15.6 Å². The van der Waals surface area contributed by atoms with E-state index >= 15 is 0 Å². The summed E-state index contributed by atoms with van der Waals surface area (Å²) >= 11 is 0. The summed E-state index contributed by atoms with van der Waals surface area (Å²) in [5.74, 6) is 0. The molecule has 22 heavy (non-hydrogen) atoms. The lowest BCUT2D eigenvalue weighted by Gasteiger charge is -2.23. The Bertz CT molecular complexity index is 385. The number of halogens is 3. The summed E-state index contributed by atoms with van der Waals surface area (Å²) in [6.45, 7) is 7.34. The summed E-state index contributed by atoms with van der Waals surface area (Å²) in [4.78, 5) is 2.74. The number of nitrogens with zero attached hydrogens (tertiary/aromatic N) is 1. The molecule has 4 nitrogen and oxygen atoms in total. The molecule has 1 saturated heterocycles. The number of likely N-dealkylation sites (tertiary alicyclic amines) is 1. The van der Waals surface area contributed by atoms with E-state index in [0.717, 1.165) is 6.04 Å². The van der Waals surface area contributed by atoms with E-state index in [1.807, 2.05) is 0 Å². The van der Waals surface area contributed by atoms with Gasteiger partial charge < -0.3 is 4.90 Å². The molecule has 1 rings (SSSR count). The molecular weight excluding hydrogens is 319 g/mol. The van der Waals surface area contributed by atoms with Crippen LogP contribution < -0.4 is 0 Å². The van der Waals surface area contributed by atoms with Crippen LogP contribution in [0.4, 0.5) is 13.2 Å². The van der Waals surface area contributed by atoms with Crippen LogP contribution in [-0.2, 0) is 10.1 Å². The van der Waals surface area contributed by atoms with Crippen LogP contribution >= 0.6 is 0 Å². The van der Waals surface area contributed by atoms with Crippen molar-refractivity contribution in [1.29, 1.82) is 0 Å². The van der Waals surface area contributed by atoms with E-state index in [2.05, 4.69) is 18.7 Å². The average molecular weight is 347 g/mol. The van der Waals surface area contributed by atoms with Gasteiger partial charge in [-0.3, -0.25) is 4.55 Å². The Labute approximate surface area is 131 Å². The van der Waals surface area contributed by atoms with Gasteiger partial charge >= 0.3 is 15.6 Å². The minimum absolute atomic E-state index is 0.932. The van der Waals surface area contributed by atoms with Crippen molar-refractivity contribution in [1.82, 2.24) is 4.90 Å². The van der Waals surface area contributed by atoms with Crippen LogP contribution in [-0.4, -0.2) is 42.5 Å². The molecule has 1 aliphatic heterocycles. The largest absolute Gasteiger partial charge is 0.522 e. The van der Waals surface area contributed by atoms with Gasteiger partial charge in [-0.05, 0) is 38.8 Å². The third-order valence-corrected chi connectivity index (χ3v) is 4.30. The van der Waals surface area contributed by atoms with Gasteiger partial charge in [-0.25, -0.2) is 0 Å². The lowest BCUT2D eigenvalue weighted by Crippen LogP contribution is -2.30. The molecule has 0 radical (unpaired) electrons. The summed E-state index contributed by atoms with van der Waals surface area (Å²) in [6.07, 6.45) is 11.3. The summed E-state index contributed by atoms with van der Waals surface area (Å²) in [7, 11) is -5.84. The molecule has 1 fully saturated rings. The first-order valence-corrected chi connectivity index (χ1v) is 9.35. The van der Waals surface area contributed by atoms with Crippen molar-refractivity contribution in [3.05, 3.63) is 0 Å². The number of unbranched alkanes of at least 4 members (excludes halogenated alkanes) is 3. The SMILES string of the molecule is CCCCCCN1CCCC1CCC.O=S(=O)(O)C(F)(F)F. The average Bonchev–Trinajstić information content (AvgIpc) is 2.81. The van der Waals surface area contributed by atoms with Crippen LogP contribution in [0, 0.1) is 0 Å². The van der Waals surface area contributed by atoms with Gasteiger partial charge in [0.05, 0.1) is 0 Å². The minimum atomic E-state index is -5.84. The highest BCUT2D eigenvalue weighted by molar-refractivity contribution is 7.86. The molecule has 8 heteroatoms. The molecule has 1 atom stereocenters. The van der Waals surface area contributed by atoms with Crippen molar-refractivity contribution >= 4 is 10.1 Å². The molecule has 0 saturated carbocycles.